The second kappa shape index (κ2) is 16.0. The summed E-state index contributed by atoms with van der Waals surface area (Å²) < 4.78 is 0. The van der Waals surface area contributed by atoms with Gasteiger partial charge in [-0.1, -0.05) is 154 Å². The topological polar surface area (TPSA) is 0 Å². The van der Waals surface area contributed by atoms with E-state index in [9.17, 15) is 0 Å². The van der Waals surface area contributed by atoms with E-state index in [2.05, 4.69) is 0 Å². The molecule has 0 aromatic rings. The molecule has 0 nitrogen and oxygen atoms in total. The molecule has 2 rings (SSSR count). The Balaban J connectivity index is 1.33. The first-order valence-corrected chi connectivity index (χ1v) is 12.9. The van der Waals surface area contributed by atoms with Gasteiger partial charge in [-0.15, -0.1) is 0 Å². The number of hydrogen-bond donors (Lipinski definition) is 0. The van der Waals surface area contributed by atoms with E-state index in [0.29, 0.717) is 0 Å². The van der Waals surface area contributed by atoms with E-state index in [1.807, 2.05) is 0 Å². The predicted molar refractivity (Wildman–Crippen MR) is 118 cm³/mol. The van der Waals surface area contributed by atoms with Crippen LogP contribution in [-0.2, 0) is 0 Å². The van der Waals surface area contributed by atoms with Gasteiger partial charge >= 0.3 is 0 Å². The van der Waals surface area contributed by atoms with Crippen LogP contribution in [0, 0.1) is 11.8 Å². The Labute approximate surface area is 166 Å². The van der Waals surface area contributed by atoms with Gasteiger partial charge in [0, 0.05) is 0 Å². The molecule has 0 heterocycles. The van der Waals surface area contributed by atoms with Crippen LogP contribution in [0.3, 0.4) is 0 Å². The van der Waals surface area contributed by atoms with Crippen LogP contribution in [0.15, 0.2) is 0 Å². The van der Waals surface area contributed by atoms with E-state index in [-0.39, 0.29) is 0 Å². The fourth-order valence-corrected chi connectivity index (χ4v) is 5.59. The van der Waals surface area contributed by atoms with Crippen molar-refractivity contribution in [2.24, 2.45) is 11.8 Å². The van der Waals surface area contributed by atoms with E-state index in [1.165, 1.54) is 116 Å². The molecule has 0 radical (unpaired) electrons. The smallest absolute Gasteiger partial charge is 0.0414 e. The zero-order valence-corrected chi connectivity index (χ0v) is 18.1. The molecule has 2 saturated carbocycles. The largest absolute Gasteiger partial charge is 0.0533 e. The van der Waals surface area contributed by atoms with E-state index >= 15 is 0 Å². The molecule has 154 valence electrons. The molecule has 0 heteroatoms. The Morgan fingerprint density at radius 3 is 0.923 bits per heavy atom. The third-order valence-corrected chi connectivity index (χ3v) is 7.42. The van der Waals surface area contributed by atoms with Crippen molar-refractivity contribution in [1.29, 1.82) is 0 Å². The fraction of sp³-hybridized carbons (Fsp3) is 1.00. The number of hydrogen-bond acceptors (Lipinski definition) is 0. The summed E-state index contributed by atoms with van der Waals surface area (Å²) in [5, 5.41) is 0. The van der Waals surface area contributed by atoms with Crippen molar-refractivity contribution in [1.82, 2.24) is 0 Å². The third-order valence-electron chi connectivity index (χ3n) is 7.42. The second-order valence-corrected chi connectivity index (χ2v) is 9.83. The van der Waals surface area contributed by atoms with Crippen LogP contribution in [0.4, 0.5) is 0 Å². The molecule has 0 aliphatic heterocycles. The van der Waals surface area contributed by atoms with Crippen molar-refractivity contribution in [3.05, 3.63) is 0 Å². The highest BCUT2D eigenvalue weighted by molar-refractivity contribution is 4.65. The van der Waals surface area contributed by atoms with Gasteiger partial charge in [0.05, 0.1) is 0 Å². The Morgan fingerprint density at radius 2 is 0.577 bits per heavy atom. The molecule has 0 amide bonds. The van der Waals surface area contributed by atoms with Gasteiger partial charge in [0.25, 0.3) is 0 Å². The van der Waals surface area contributed by atoms with Gasteiger partial charge in [0.1, 0.15) is 0 Å². The van der Waals surface area contributed by atoms with E-state index in [4.69, 9.17) is 0 Å². The predicted octanol–water partition coefficient (Wildman–Crippen LogP) is 9.61. The summed E-state index contributed by atoms with van der Waals surface area (Å²) in [6.45, 7) is 0. The zero-order chi connectivity index (χ0) is 18.1. The molecule has 0 bridgehead atoms. The molecule has 2 aliphatic carbocycles. The van der Waals surface area contributed by atoms with Gasteiger partial charge in [-0.2, -0.15) is 0 Å². The Kier molecular flexibility index (Phi) is 13.7. The molecule has 2 fully saturated rings. The molecule has 0 aromatic heterocycles. The van der Waals surface area contributed by atoms with Gasteiger partial charge in [-0.3, -0.25) is 0 Å². The maximum atomic E-state index is 1.54. The lowest BCUT2D eigenvalue weighted by molar-refractivity contribution is 0.344. The monoisotopic (exact) mass is 362 g/mol. The summed E-state index contributed by atoms with van der Waals surface area (Å²) in [6, 6.07) is 0. The van der Waals surface area contributed by atoms with Gasteiger partial charge in [0.15, 0.2) is 0 Å². The minimum absolute atomic E-state index is 1.09. The third kappa shape index (κ3) is 11.7. The zero-order valence-electron chi connectivity index (χ0n) is 18.1. The van der Waals surface area contributed by atoms with E-state index in [0.717, 1.165) is 11.8 Å². The maximum absolute atomic E-state index is 1.54. The lowest BCUT2D eigenvalue weighted by Crippen LogP contribution is -2.03. The molecule has 0 atom stereocenters. The maximum Gasteiger partial charge on any atom is -0.0414 e. The van der Waals surface area contributed by atoms with Crippen LogP contribution in [0.2, 0.25) is 0 Å². The summed E-state index contributed by atoms with van der Waals surface area (Å²) in [6.07, 6.45) is 36.5. The summed E-state index contributed by atoms with van der Waals surface area (Å²) in [4.78, 5) is 0. The van der Waals surface area contributed by atoms with Crippen LogP contribution in [0.25, 0.3) is 0 Å². The van der Waals surface area contributed by atoms with E-state index < -0.39 is 0 Å². The highest BCUT2D eigenvalue weighted by Crippen LogP contribution is 2.28. The van der Waals surface area contributed by atoms with Crippen LogP contribution in [0.5, 0.6) is 0 Å². The molecule has 0 saturated heterocycles. The first kappa shape index (κ1) is 22.3. The SMILES string of the molecule is C(CCCCCC1CCCCCCC1)CCCCC1CCCCCCC1. The average molecular weight is 363 g/mol. The van der Waals surface area contributed by atoms with Crippen LogP contribution >= 0.6 is 0 Å². The number of unbranched alkanes of at least 4 members (excludes halogenated alkanes) is 7. The van der Waals surface area contributed by atoms with Gasteiger partial charge in [-0.05, 0) is 11.8 Å². The van der Waals surface area contributed by atoms with Crippen molar-refractivity contribution in [3.63, 3.8) is 0 Å². The molecule has 0 N–H and O–H groups in total. The van der Waals surface area contributed by atoms with Gasteiger partial charge in [-0.25, -0.2) is 0 Å². The van der Waals surface area contributed by atoms with Crippen molar-refractivity contribution in [3.8, 4) is 0 Å². The second-order valence-electron chi connectivity index (χ2n) is 9.83. The normalized spacial score (nSPS) is 21.7. The fourth-order valence-electron chi connectivity index (χ4n) is 5.59. The lowest BCUT2D eigenvalue weighted by Gasteiger charge is -2.19. The van der Waals surface area contributed by atoms with E-state index in [1.54, 1.807) is 38.5 Å². The first-order chi connectivity index (χ1) is 12.9. The standard InChI is InChI=1S/C26H50/c1(3-7-13-19-25-21-15-9-5-10-16-22-25)2-4-8-14-20-26-23-17-11-6-12-18-24-26/h25-26H,1-24H2. The summed E-state index contributed by atoms with van der Waals surface area (Å²) in [5.74, 6) is 2.17. The van der Waals surface area contributed by atoms with Crippen molar-refractivity contribution in [2.75, 3.05) is 0 Å². The van der Waals surface area contributed by atoms with Crippen LogP contribution in [-0.4, -0.2) is 0 Å². The average Bonchev–Trinajstić information content (AvgIpc) is 2.59. The molecule has 0 aromatic carbocycles. The Morgan fingerprint density at radius 1 is 0.308 bits per heavy atom. The van der Waals surface area contributed by atoms with Gasteiger partial charge < -0.3 is 0 Å². The number of rotatable bonds is 11. The molecular formula is C26H50. The summed E-state index contributed by atoms with van der Waals surface area (Å²) in [5.41, 5.74) is 0. The molecule has 2 aliphatic rings. The van der Waals surface area contributed by atoms with Crippen molar-refractivity contribution in [2.45, 2.75) is 154 Å². The Bertz CT molecular complexity index is 248. The van der Waals surface area contributed by atoms with Crippen LogP contribution in [0.1, 0.15) is 154 Å². The van der Waals surface area contributed by atoms with Gasteiger partial charge in [0.2, 0.25) is 0 Å². The van der Waals surface area contributed by atoms with Crippen molar-refractivity contribution < 1.29 is 0 Å². The molecule has 26 heavy (non-hydrogen) atoms. The highest BCUT2D eigenvalue weighted by atomic mass is 14.2. The lowest BCUT2D eigenvalue weighted by atomic mass is 9.87. The quantitative estimate of drug-likeness (QED) is 0.321. The minimum atomic E-state index is 1.09. The van der Waals surface area contributed by atoms with Crippen molar-refractivity contribution >= 4 is 0 Å². The molecular weight excluding hydrogens is 312 g/mol. The minimum Gasteiger partial charge on any atom is -0.0533 e. The molecule has 0 spiro atoms. The Hall–Kier alpha value is 0. The summed E-state index contributed by atoms with van der Waals surface area (Å²) >= 11 is 0. The first-order valence-electron chi connectivity index (χ1n) is 12.9. The highest BCUT2D eigenvalue weighted by Gasteiger charge is 2.11. The molecule has 0 unspecified atom stereocenters. The summed E-state index contributed by atoms with van der Waals surface area (Å²) in [7, 11) is 0. The van der Waals surface area contributed by atoms with Crippen LogP contribution < -0.4 is 0 Å².